The van der Waals surface area contributed by atoms with E-state index in [1.807, 2.05) is 12.3 Å². The largest absolute Gasteiger partial charge is 0.312 e. The lowest BCUT2D eigenvalue weighted by Crippen LogP contribution is -2.17. The monoisotopic (exact) mass is 295 g/mol. The number of benzene rings is 1. The van der Waals surface area contributed by atoms with Gasteiger partial charge in [-0.15, -0.1) is 11.3 Å². The third kappa shape index (κ3) is 4.07. The fourth-order valence-corrected chi connectivity index (χ4v) is 2.46. The highest BCUT2D eigenvalue weighted by Crippen LogP contribution is 2.16. The molecule has 0 saturated carbocycles. The van der Waals surface area contributed by atoms with Crippen LogP contribution in [-0.2, 0) is 13.0 Å². The molecule has 0 amide bonds. The first kappa shape index (κ1) is 14.5. The van der Waals surface area contributed by atoms with Gasteiger partial charge in [0.15, 0.2) is 0 Å². The van der Waals surface area contributed by atoms with Gasteiger partial charge in [0.05, 0.1) is 21.7 Å². The van der Waals surface area contributed by atoms with Gasteiger partial charge in [-0.25, -0.2) is 9.37 Å². The summed E-state index contributed by atoms with van der Waals surface area (Å²) in [5.41, 5.74) is 1.35. The number of nitrogens with zero attached hydrogens (tertiary/aromatic N) is 2. The highest BCUT2D eigenvalue weighted by Gasteiger charge is 2.09. The maximum atomic E-state index is 13.2. The number of rotatable bonds is 6. The standard InChI is InChI=1S/C13H14FN3O2S/c1-9-16-12(8-20-9)2-3-15-7-10-4-11(14)6-13(5-10)17(18)19/h4-6,8,15H,2-3,7H2,1H3. The summed E-state index contributed by atoms with van der Waals surface area (Å²) in [7, 11) is 0. The van der Waals surface area contributed by atoms with Crippen molar-refractivity contribution in [1.29, 1.82) is 0 Å². The molecule has 5 nitrogen and oxygen atoms in total. The predicted molar refractivity (Wildman–Crippen MR) is 75.3 cm³/mol. The molecule has 1 aromatic heterocycles. The lowest BCUT2D eigenvalue weighted by Gasteiger charge is -2.04. The van der Waals surface area contributed by atoms with Crippen molar-refractivity contribution in [2.45, 2.75) is 19.9 Å². The van der Waals surface area contributed by atoms with Crippen LogP contribution in [0, 0.1) is 22.9 Å². The van der Waals surface area contributed by atoms with Gasteiger partial charge in [0.1, 0.15) is 5.82 Å². The summed E-state index contributed by atoms with van der Waals surface area (Å²) < 4.78 is 13.2. The molecule has 1 N–H and O–H groups in total. The van der Waals surface area contributed by atoms with Gasteiger partial charge >= 0.3 is 0 Å². The van der Waals surface area contributed by atoms with Gasteiger partial charge in [-0.3, -0.25) is 10.1 Å². The molecule has 2 rings (SSSR count). The smallest absolute Gasteiger partial charge is 0.272 e. The molecule has 0 atom stereocenters. The van der Waals surface area contributed by atoms with E-state index >= 15 is 0 Å². The zero-order valence-corrected chi connectivity index (χ0v) is 11.7. The number of nitrogens with one attached hydrogen (secondary N) is 1. The molecule has 1 heterocycles. The summed E-state index contributed by atoms with van der Waals surface area (Å²) in [5, 5.41) is 16.8. The highest BCUT2D eigenvalue weighted by atomic mass is 32.1. The van der Waals surface area contributed by atoms with Crippen molar-refractivity contribution >= 4 is 17.0 Å². The number of non-ortho nitro benzene ring substituents is 1. The Morgan fingerprint density at radius 1 is 1.45 bits per heavy atom. The van der Waals surface area contributed by atoms with Gasteiger partial charge in [0, 0.05) is 31.0 Å². The topological polar surface area (TPSA) is 68.1 Å². The van der Waals surface area contributed by atoms with Gasteiger partial charge < -0.3 is 5.32 Å². The van der Waals surface area contributed by atoms with Crippen molar-refractivity contribution in [3.8, 4) is 0 Å². The second-order valence-electron chi connectivity index (χ2n) is 4.36. The van der Waals surface area contributed by atoms with Gasteiger partial charge in [-0.05, 0) is 18.6 Å². The van der Waals surface area contributed by atoms with Gasteiger partial charge in [0.25, 0.3) is 5.69 Å². The quantitative estimate of drug-likeness (QED) is 0.505. The van der Waals surface area contributed by atoms with Crippen molar-refractivity contribution < 1.29 is 9.31 Å². The Morgan fingerprint density at radius 3 is 2.90 bits per heavy atom. The Hall–Kier alpha value is -1.86. The second kappa shape index (κ2) is 6.53. The van der Waals surface area contributed by atoms with Crippen molar-refractivity contribution in [2.75, 3.05) is 6.54 Å². The van der Waals surface area contributed by atoms with E-state index in [4.69, 9.17) is 0 Å². The van der Waals surface area contributed by atoms with E-state index in [2.05, 4.69) is 10.3 Å². The van der Waals surface area contributed by atoms with E-state index in [0.29, 0.717) is 18.7 Å². The van der Waals surface area contributed by atoms with Crippen LogP contribution in [0.15, 0.2) is 23.6 Å². The summed E-state index contributed by atoms with van der Waals surface area (Å²) in [6.07, 6.45) is 0.780. The molecule has 0 aliphatic heterocycles. The van der Waals surface area contributed by atoms with Crippen LogP contribution in [0.5, 0.6) is 0 Å². The third-order valence-corrected chi connectivity index (χ3v) is 3.53. The van der Waals surface area contributed by atoms with E-state index < -0.39 is 10.7 Å². The second-order valence-corrected chi connectivity index (χ2v) is 5.42. The van der Waals surface area contributed by atoms with Crippen LogP contribution < -0.4 is 5.32 Å². The van der Waals surface area contributed by atoms with Crippen LogP contribution in [0.2, 0.25) is 0 Å². The molecule has 7 heteroatoms. The van der Waals surface area contributed by atoms with Gasteiger partial charge in [-0.2, -0.15) is 0 Å². The molecule has 2 aromatic rings. The zero-order chi connectivity index (χ0) is 14.5. The van der Waals surface area contributed by atoms with Crippen molar-refractivity contribution in [3.05, 3.63) is 55.8 Å². The highest BCUT2D eigenvalue weighted by molar-refractivity contribution is 7.09. The van der Waals surface area contributed by atoms with Crippen LogP contribution in [0.4, 0.5) is 10.1 Å². The minimum Gasteiger partial charge on any atom is -0.312 e. The van der Waals surface area contributed by atoms with E-state index in [9.17, 15) is 14.5 Å². The van der Waals surface area contributed by atoms with Crippen molar-refractivity contribution in [3.63, 3.8) is 0 Å². The van der Waals surface area contributed by atoms with Crippen molar-refractivity contribution in [1.82, 2.24) is 10.3 Å². The van der Waals surface area contributed by atoms with E-state index in [-0.39, 0.29) is 5.69 Å². The first-order valence-electron chi connectivity index (χ1n) is 6.10. The minimum absolute atomic E-state index is 0.225. The third-order valence-electron chi connectivity index (χ3n) is 2.71. The van der Waals surface area contributed by atoms with Crippen LogP contribution in [0.3, 0.4) is 0 Å². The Bertz CT molecular complexity index is 615. The predicted octanol–water partition coefficient (Wildman–Crippen LogP) is 2.83. The maximum Gasteiger partial charge on any atom is 0.272 e. The first-order valence-corrected chi connectivity index (χ1v) is 6.98. The van der Waals surface area contributed by atoms with Gasteiger partial charge in [-0.1, -0.05) is 0 Å². The lowest BCUT2D eigenvalue weighted by atomic mass is 10.2. The molecule has 1 aromatic carbocycles. The molecule has 0 aliphatic carbocycles. The van der Waals surface area contributed by atoms with Crippen LogP contribution >= 0.6 is 11.3 Å². The minimum atomic E-state index is -0.593. The molecule has 0 unspecified atom stereocenters. The van der Waals surface area contributed by atoms with E-state index in [1.165, 1.54) is 12.1 Å². The van der Waals surface area contributed by atoms with Gasteiger partial charge in [0.2, 0.25) is 0 Å². The molecular formula is C13H14FN3O2S. The zero-order valence-electron chi connectivity index (χ0n) is 10.9. The molecule has 106 valence electrons. The lowest BCUT2D eigenvalue weighted by molar-refractivity contribution is -0.385. The molecule has 0 aliphatic rings. The molecule has 20 heavy (non-hydrogen) atoms. The molecule has 0 bridgehead atoms. The van der Waals surface area contributed by atoms with Crippen LogP contribution in [0.1, 0.15) is 16.3 Å². The molecule has 0 fully saturated rings. The van der Waals surface area contributed by atoms with E-state index in [0.717, 1.165) is 23.2 Å². The summed E-state index contributed by atoms with van der Waals surface area (Å²) in [4.78, 5) is 14.4. The number of nitro benzene ring substituents is 1. The molecule has 0 saturated heterocycles. The number of thiazole rings is 1. The Morgan fingerprint density at radius 2 is 2.25 bits per heavy atom. The average Bonchev–Trinajstić information content (AvgIpc) is 2.80. The number of hydrogen-bond donors (Lipinski definition) is 1. The van der Waals surface area contributed by atoms with Crippen LogP contribution in [0.25, 0.3) is 0 Å². The first-order chi connectivity index (χ1) is 9.54. The molecular weight excluding hydrogens is 281 g/mol. The number of hydrogen-bond acceptors (Lipinski definition) is 5. The SMILES string of the molecule is Cc1nc(CCNCc2cc(F)cc([N+](=O)[O-])c2)cs1. The Kier molecular flexibility index (Phi) is 4.75. The summed E-state index contributed by atoms with van der Waals surface area (Å²) in [5.74, 6) is -0.592. The Balaban J connectivity index is 1.86. The molecule has 0 spiro atoms. The van der Waals surface area contributed by atoms with Crippen LogP contribution in [-0.4, -0.2) is 16.5 Å². The average molecular weight is 295 g/mol. The number of nitro groups is 1. The number of aromatic nitrogens is 1. The summed E-state index contributed by atoms with van der Waals surface area (Å²) >= 11 is 1.60. The fourth-order valence-electron chi connectivity index (χ4n) is 1.81. The summed E-state index contributed by atoms with van der Waals surface area (Å²) in [6.45, 7) is 3.03. The number of halogens is 1. The van der Waals surface area contributed by atoms with Crippen molar-refractivity contribution in [2.24, 2.45) is 0 Å². The fraction of sp³-hybridized carbons (Fsp3) is 0.308. The number of aryl methyl sites for hydroxylation is 1. The van der Waals surface area contributed by atoms with E-state index in [1.54, 1.807) is 11.3 Å². The normalized spacial score (nSPS) is 10.7. The Labute approximate surface area is 119 Å². The molecule has 0 radical (unpaired) electrons. The maximum absolute atomic E-state index is 13.2. The summed E-state index contributed by atoms with van der Waals surface area (Å²) in [6, 6.07) is 3.59.